The Hall–Kier alpha value is -0.450. The first-order valence-corrected chi connectivity index (χ1v) is 8.23. The lowest BCUT2D eigenvalue weighted by molar-refractivity contribution is 0.0776. The number of ether oxygens (including phenoxy) is 1. The Kier molecular flexibility index (Phi) is 6.00. The Morgan fingerprint density at radius 2 is 2.25 bits per heavy atom. The van der Waals surface area contributed by atoms with Crippen LogP contribution in [0, 0.1) is 11.7 Å². The topological polar surface area (TPSA) is 21.3 Å². The molecular formula is C16H23BrFNO. The Balaban J connectivity index is 2.14. The number of rotatable bonds is 6. The van der Waals surface area contributed by atoms with Crippen molar-refractivity contribution in [2.24, 2.45) is 5.92 Å². The number of likely N-dealkylation sites (N-methyl/N-ethyl adjacent to an activating group) is 1. The second-order valence-electron chi connectivity index (χ2n) is 5.37. The van der Waals surface area contributed by atoms with Crippen LogP contribution in [0.3, 0.4) is 0 Å². The first-order valence-electron chi connectivity index (χ1n) is 7.44. The first-order chi connectivity index (χ1) is 9.65. The second kappa shape index (κ2) is 7.53. The molecule has 0 saturated carbocycles. The van der Waals surface area contributed by atoms with E-state index in [1.54, 1.807) is 12.1 Å². The summed E-state index contributed by atoms with van der Waals surface area (Å²) in [6.07, 6.45) is 3.28. The molecular weight excluding hydrogens is 321 g/mol. The van der Waals surface area contributed by atoms with Crippen molar-refractivity contribution in [1.82, 2.24) is 5.32 Å². The van der Waals surface area contributed by atoms with Crippen LogP contribution in [-0.2, 0) is 11.2 Å². The summed E-state index contributed by atoms with van der Waals surface area (Å²) in [6.45, 7) is 6.05. The van der Waals surface area contributed by atoms with Crippen molar-refractivity contribution in [3.05, 3.63) is 34.1 Å². The van der Waals surface area contributed by atoms with Crippen molar-refractivity contribution < 1.29 is 9.13 Å². The maximum Gasteiger partial charge on any atom is 0.123 e. The van der Waals surface area contributed by atoms with Crippen molar-refractivity contribution >= 4 is 15.9 Å². The van der Waals surface area contributed by atoms with Gasteiger partial charge in [-0.25, -0.2) is 4.39 Å². The van der Waals surface area contributed by atoms with E-state index in [1.165, 1.54) is 6.07 Å². The van der Waals surface area contributed by atoms with Gasteiger partial charge in [-0.2, -0.15) is 0 Å². The Bertz CT molecular complexity index is 440. The fraction of sp³-hybridized carbons (Fsp3) is 0.625. The van der Waals surface area contributed by atoms with Crippen molar-refractivity contribution in [2.75, 3.05) is 13.2 Å². The quantitative estimate of drug-likeness (QED) is 0.845. The molecule has 1 aromatic carbocycles. The van der Waals surface area contributed by atoms with Crippen LogP contribution in [-0.4, -0.2) is 25.3 Å². The first kappa shape index (κ1) is 15.9. The van der Waals surface area contributed by atoms with Crippen LogP contribution >= 0.6 is 15.9 Å². The van der Waals surface area contributed by atoms with Crippen molar-refractivity contribution in [2.45, 2.75) is 45.3 Å². The fourth-order valence-corrected chi connectivity index (χ4v) is 3.53. The monoisotopic (exact) mass is 343 g/mol. The Morgan fingerprint density at radius 1 is 1.45 bits per heavy atom. The second-order valence-corrected chi connectivity index (χ2v) is 6.23. The molecule has 4 heteroatoms. The molecule has 2 rings (SSSR count). The zero-order valence-corrected chi connectivity index (χ0v) is 13.7. The highest BCUT2D eigenvalue weighted by atomic mass is 79.9. The van der Waals surface area contributed by atoms with Gasteiger partial charge in [0.15, 0.2) is 0 Å². The Labute approximate surface area is 129 Å². The van der Waals surface area contributed by atoms with Gasteiger partial charge in [0.25, 0.3) is 0 Å². The molecule has 112 valence electrons. The molecule has 0 radical (unpaired) electrons. The molecule has 1 saturated heterocycles. The average Bonchev–Trinajstić information content (AvgIpc) is 2.90. The summed E-state index contributed by atoms with van der Waals surface area (Å²) in [5, 5.41) is 3.56. The smallest absolute Gasteiger partial charge is 0.123 e. The number of benzene rings is 1. The van der Waals surface area contributed by atoms with Gasteiger partial charge in [0.2, 0.25) is 0 Å². The number of halogens is 2. The lowest BCUT2D eigenvalue weighted by Gasteiger charge is -2.28. The summed E-state index contributed by atoms with van der Waals surface area (Å²) in [5.74, 6) is 0.336. The van der Waals surface area contributed by atoms with E-state index in [9.17, 15) is 4.39 Å². The van der Waals surface area contributed by atoms with Crippen LogP contribution in [0.4, 0.5) is 4.39 Å². The number of hydrogen-bond donors (Lipinski definition) is 1. The van der Waals surface area contributed by atoms with Gasteiger partial charge in [0.1, 0.15) is 5.82 Å². The van der Waals surface area contributed by atoms with Crippen LogP contribution < -0.4 is 5.32 Å². The molecule has 0 bridgehead atoms. The molecule has 2 nitrogen and oxygen atoms in total. The predicted octanol–water partition coefficient (Wildman–Crippen LogP) is 3.92. The largest absolute Gasteiger partial charge is 0.378 e. The average molecular weight is 344 g/mol. The summed E-state index contributed by atoms with van der Waals surface area (Å²) in [7, 11) is 0. The minimum Gasteiger partial charge on any atom is -0.378 e. The molecule has 1 N–H and O–H groups in total. The summed E-state index contributed by atoms with van der Waals surface area (Å²) in [5.41, 5.74) is 1.03. The standard InChI is InChI=1S/C16H23BrFNO/c1-3-16-13(7-8-20-16)15(19-4-2)10-11-9-12(18)5-6-14(11)17/h5-6,9,13,15-16,19H,3-4,7-8,10H2,1-2H3. The van der Waals surface area contributed by atoms with E-state index >= 15 is 0 Å². The van der Waals surface area contributed by atoms with Crippen molar-refractivity contribution in [1.29, 1.82) is 0 Å². The van der Waals surface area contributed by atoms with Crippen molar-refractivity contribution in [3.63, 3.8) is 0 Å². The highest BCUT2D eigenvalue weighted by Gasteiger charge is 2.33. The van der Waals surface area contributed by atoms with Crippen LogP contribution in [0.15, 0.2) is 22.7 Å². The maximum atomic E-state index is 13.4. The molecule has 0 amide bonds. The van der Waals surface area contributed by atoms with Crippen LogP contribution in [0.25, 0.3) is 0 Å². The van der Waals surface area contributed by atoms with Gasteiger partial charge >= 0.3 is 0 Å². The third-order valence-corrected chi connectivity index (χ3v) is 4.87. The van der Waals surface area contributed by atoms with E-state index in [4.69, 9.17) is 4.74 Å². The normalized spacial score (nSPS) is 24.0. The SMILES string of the molecule is CCNC(Cc1cc(F)ccc1Br)C1CCOC1CC. The summed E-state index contributed by atoms with van der Waals surface area (Å²) in [4.78, 5) is 0. The minimum absolute atomic E-state index is 0.173. The van der Waals surface area contributed by atoms with Crippen LogP contribution in [0.5, 0.6) is 0 Å². The number of hydrogen-bond acceptors (Lipinski definition) is 2. The molecule has 1 aliphatic rings. The lowest BCUT2D eigenvalue weighted by Crippen LogP contribution is -2.41. The molecule has 0 spiro atoms. The molecule has 0 aromatic heterocycles. The number of nitrogens with one attached hydrogen (secondary N) is 1. The highest BCUT2D eigenvalue weighted by Crippen LogP contribution is 2.30. The summed E-state index contributed by atoms with van der Waals surface area (Å²) >= 11 is 3.53. The van der Waals surface area contributed by atoms with Gasteiger partial charge in [-0.3, -0.25) is 0 Å². The molecule has 20 heavy (non-hydrogen) atoms. The molecule has 1 heterocycles. The molecule has 1 aromatic rings. The minimum atomic E-state index is -0.173. The predicted molar refractivity (Wildman–Crippen MR) is 83.4 cm³/mol. The van der Waals surface area contributed by atoms with Gasteiger partial charge in [0, 0.05) is 23.0 Å². The van der Waals surface area contributed by atoms with Crippen LogP contribution in [0.1, 0.15) is 32.3 Å². The highest BCUT2D eigenvalue weighted by molar-refractivity contribution is 9.10. The van der Waals surface area contributed by atoms with Gasteiger partial charge in [0.05, 0.1) is 6.10 Å². The van der Waals surface area contributed by atoms with Gasteiger partial charge in [-0.1, -0.05) is 29.8 Å². The van der Waals surface area contributed by atoms with Gasteiger partial charge in [-0.05, 0) is 49.6 Å². The van der Waals surface area contributed by atoms with E-state index in [2.05, 4.69) is 35.1 Å². The summed E-state index contributed by atoms with van der Waals surface area (Å²) in [6, 6.07) is 5.25. The van der Waals surface area contributed by atoms with Crippen molar-refractivity contribution in [3.8, 4) is 0 Å². The fourth-order valence-electron chi connectivity index (χ4n) is 3.12. The molecule has 1 fully saturated rings. The third-order valence-electron chi connectivity index (χ3n) is 4.09. The van der Waals surface area contributed by atoms with Gasteiger partial charge < -0.3 is 10.1 Å². The van der Waals surface area contributed by atoms with E-state index in [1.807, 2.05) is 0 Å². The lowest BCUT2D eigenvalue weighted by atomic mass is 9.87. The van der Waals surface area contributed by atoms with E-state index in [0.29, 0.717) is 18.1 Å². The van der Waals surface area contributed by atoms with E-state index < -0.39 is 0 Å². The Morgan fingerprint density at radius 3 is 2.95 bits per heavy atom. The maximum absolute atomic E-state index is 13.4. The zero-order valence-electron chi connectivity index (χ0n) is 12.2. The van der Waals surface area contributed by atoms with E-state index in [-0.39, 0.29) is 5.82 Å². The zero-order chi connectivity index (χ0) is 14.5. The molecule has 3 atom stereocenters. The van der Waals surface area contributed by atoms with Gasteiger partial charge in [-0.15, -0.1) is 0 Å². The summed E-state index contributed by atoms with van der Waals surface area (Å²) < 4.78 is 20.2. The molecule has 3 unspecified atom stereocenters. The molecule has 1 aliphatic heterocycles. The van der Waals surface area contributed by atoms with E-state index in [0.717, 1.165) is 42.5 Å². The third kappa shape index (κ3) is 3.80. The molecule has 0 aliphatic carbocycles. The van der Waals surface area contributed by atoms with Crippen LogP contribution in [0.2, 0.25) is 0 Å².